The predicted octanol–water partition coefficient (Wildman–Crippen LogP) is 15.3. The number of hydrogen-bond donors (Lipinski definition) is 5. The summed E-state index contributed by atoms with van der Waals surface area (Å²) < 4.78 is 2.93. The highest BCUT2D eigenvalue weighted by atomic mass is 35.5. The highest BCUT2D eigenvalue weighted by Crippen LogP contribution is 2.45. The summed E-state index contributed by atoms with van der Waals surface area (Å²) in [6.07, 6.45) is 16.0. The van der Waals surface area contributed by atoms with Crippen molar-refractivity contribution < 1.29 is 33.6 Å². The van der Waals surface area contributed by atoms with E-state index in [1.54, 1.807) is 35.6 Å². The topological polar surface area (TPSA) is 232 Å². The minimum Gasteiger partial charge on any atom is -0.355 e. The number of ketones is 1. The van der Waals surface area contributed by atoms with E-state index in [9.17, 15) is 38.4 Å². The molecule has 19 heteroatoms. The molecule has 0 atom stereocenters. The van der Waals surface area contributed by atoms with Crippen molar-refractivity contribution in [3.8, 4) is 6.07 Å². The van der Waals surface area contributed by atoms with Gasteiger partial charge in [-0.05, 0) is 133 Å². The number of benzene rings is 1. The molecule has 1 aromatic carbocycles. The fraction of sp³-hybridized carbons (Fsp3) is 0.675. The molecular formula is C77H136ClN9O8S. The maximum atomic E-state index is 12.0. The molecule has 1 aliphatic carbocycles. The number of fused-ring (bicyclic) bond motifs is 1. The largest absolute Gasteiger partial charge is 0.355 e. The van der Waals surface area contributed by atoms with Crippen molar-refractivity contribution in [1.82, 2.24) is 40.3 Å². The van der Waals surface area contributed by atoms with E-state index in [0.29, 0.717) is 38.0 Å². The minimum atomic E-state index is -0.675. The minimum absolute atomic E-state index is 0.000694. The van der Waals surface area contributed by atoms with Gasteiger partial charge in [-0.2, -0.15) is 5.26 Å². The number of amides is 6. The molecule has 1 aliphatic rings. The van der Waals surface area contributed by atoms with E-state index in [1.807, 2.05) is 60.2 Å². The molecule has 0 radical (unpaired) electrons. The lowest BCUT2D eigenvalue weighted by Crippen LogP contribution is -2.37. The van der Waals surface area contributed by atoms with Crippen molar-refractivity contribution in [2.24, 2.45) is 48.7 Å². The quantitative estimate of drug-likeness (QED) is 0.0621. The van der Waals surface area contributed by atoms with E-state index in [2.05, 4.69) is 219 Å². The lowest BCUT2D eigenvalue weighted by atomic mass is 9.89. The molecule has 0 spiro atoms. The molecule has 0 aliphatic heterocycles. The normalized spacial score (nSPS) is 12.6. The second kappa shape index (κ2) is 47.7. The molecule has 0 unspecified atom stereocenters. The van der Waals surface area contributed by atoms with Gasteiger partial charge in [0.1, 0.15) is 11.3 Å². The Labute approximate surface area is 593 Å². The molecule has 1 heterocycles. The number of rotatable bonds is 20. The molecule has 17 nitrogen and oxygen atoms in total. The highest BCUT2D eigenvalue weighted by Gasteiger charge is 2.50. The van der Waals surface area contributed by atoms with Gasteiger partial charge in [0.15, 0.2) is 5.78 Å². The van der Waals surface area contributed by atoms with Gasteiger partial charge >= 0.3 is 0 Å². The third-order valence-electron chi connectivity index (χ3n) is 12.2. The summed E-state index contributed by atoms with van der Waals surface area (Å²) in [4.78, 5) is 92.4. The van der Waals surface area contributed by atoms with Crippen LogP contribution in [0.1, 0.15) is 212 Å². The zero-order valence-electron chi connectivity index (χ0n) is 65.4. The molecule has 1 saturated carbocycles. The van der Waals surface area contributed by atoms with Crippen LogP contribution in [-0.4, -0.2) is 128 Å². The number of alkyl halides is 1. The maximum absolute atomic E-state index is 12.0. The van der Waals surface area contributed by atoms with Crippen LogP contribution < -0.4 is 32.1 Å². The van der Waals surface area contributed by atoms with Crippen LogP contribution in [-0.2, 0) is 40.1 Å². The summed E-state index contributed by atoms with van der Waals surface area (Å²) in [7, 11) is 5.74. The molecular weight excluding hydrogens is 1250 g/mol. The number of halogens is 1. The van der Waals surface area contributed by atoms with Crippen LogP contribution >= 0.6 is 23.1 Å². The standard InChI is InChI=1S/C12H15NOS.C11H22N2O.C10H16N2O.C10H19NO.C10H18O.C9H17NO.C8H15NO.C7H14ClNO/c1-12(2,3)8-13-11(14)9-6-4-5-7-10(9)15-13;1-11(2,3)9-12-10(14)7-6-8-13(4)5;1-9(2,3)7-12-8(13)10(6-11)4-5-10;1-6-9(12)11(5)8-7-10(2,3)4;1-5-9(11)7-6-8-10(2,3)4;1-5-6-8(11)10-7-9(2,3)4;1-5-7(10)9-6-8(2,3)4;1-7(2,3)5-9-6(10)4-8/h4-7H,8H2,1-3H3;6-7H,8-9H2,1-5H3,(H,12,14);4-5,7H2,1-3H3,(H,12,13);6H,1,7-8H2,2-5H3;5H,1,6-8H2,2-4H3;5-6H,7H2,1-4H3,(H,10,11);5H,1,6H2,2-4H3,(H,9,10);4-5H2,1-3H3,(H,9,10)/b;7-6+;;;;6-5+;;. The number of carbonyl (C=O) groups excluding carboxylic acids is 7. The molecule has 5 N–H and O–H groups in total. The van der Waals surface area contributed by atoms with Crippen molar-refractivity contribution in [3.63, 3.8) is 0 Å². The van der Waals surface area contributed by atoms with Crippen molar-refractivity contribution in [3.05, 3.63) is 96.9 Å². The lowest BCUT2D eigenvalue weighted by molar-refractivity contribution is -0.125. The van der Waals surface area contributed by atoms with Crippen molar-refractivity contribution in [2.45, 2.75) is 218 Å². The van der Waals surface area contributed by atoms with E-state index >= 15 is 0 Å². The highest BCUT2D eigenvalue weighted by molar-refractivity contribution is 7.13. The predicted molar refractivity (Wildman–Crippen MR) is 409 cm³/mol. The number of hydrogen-bond acceptors (Lipinski definition) is 11. The molecule has 550 valence electrons. The van der Waals surface area contributed by atoms with Gasteiger partial charge < -0.3 is 36.4 Å². The number of nitrogens with one attached hydrogen (secondary N) is 5. The van der Waals surface area contributed by atoms with Gasteiger partial charge in [-0.1, -0.05) is 222 Å². The van der Waals surface area contributed by atoms with Crippen LogP contribution in [0.4, 0.5) is 0 Å². The van der Waals surface area contributed by atoms with E-state index in [0.717, 1.165) is 68.4 Å². The monoisotopic (exact) mass is 1380 g/mol. The van der Waals surface area contributed by atoms with Gasteiger partial charge in [-0.3, -0.25) is 42.3 Å². The van der Waals surface area contributed by atoms with Crippen LogP contribution in [0, 0.1) is 60.1 Å². The van der Waals surface area contributed by atoms with Gasteiger partial charge in [0.05, 0.1) is 16.2 Å². The first-order valence-electron chi connectivity index (χ1n) is 33.4. The fourth-order valence-electron chi connectivity index (χ4n) is 6.43. The lowest BCUT2D eigenvalue weighted by Gasteiger charge is -2.22. The summed E-state index contributed by atoms with van der Waals surface area (Å²) in [6, 6.07) is 9.86. The molecule has 1 fully saturated rings. The summed E-state index contributed by atoms with van der Waals surface area (Å²) in [5.41, 5.74) is 0.933. The Morgan fingerprint density at radius 3 is 1.38 bits per heavy atom. The second-order valence-corrected chi connectivity index (χ2v) is 35.3. The van der Waals surface area contributed by atoms with Crippen LogP contribution in [0.5, 0.6) is 0 Å². The van der Waals surface area contributed by atoms with E-state index in [4.69, 9.17) is 16.9 Å². The van der Waals surface area contributed by atoms with E-state index in [1.165, 1.54) is 24.3 Å². The second-order valence-electron chi connectivity index (χ2n) is 34.0. The molecule has 96 heavy (non-hydrogen) atoms. The average molecular weight is 1380 g/mol. The van der Waals surface area contributed by atoms with Crippen molar-refractivity contribution in [2.75, 3.05) is 72.8 Å². The molecule has 0 bridgehead atoms. The summed E-state index contributed by atoms with van der Waals surface area (Å²) in [5, 5.41) is 23.5. The van der Waals surface area contributed by atoms with Crippen LogP contribution in [0.15, 0.2) is 91.3 Å². The average Bonchev–Trinajstić information content (AvgIpc) is 1.67. The Hall–Kier alpha value is -6.16. The van der Waals surface area contributed by atoms with Gasteiger partial charge in [0.2, 0.25) is 35.4 Å². The Bertz CT molecular complexity index is 2800. The number of nitrogens with zero attached hydrogens (tertiary/aromatic N) is 4. The number of nitriles is 1. The Kier molecular flexibility index (Phi) is 49.0. The van der Waals surface area contributed by atoms with E-state index < -0.39 is 5.41 Å². The molecule has 1 aromatic heterocycles. The number of likely N-dealkylation sites (N-methyl/N-ethyl adjacent to an activating group) is 2. The van der Waals surface area contributed by atoms with Gasteiger partial charge in [-0.15, -0.1) is 11.6 Å². The summed E-state index contributed by atoms with van der Waals surface area (Å²) in [6.45, 7) is 68.4. The first-order chi connectivity index (χ1) is 43.4. The zero-order chi connectivity index (χ0) is 76.3. The number of carbonyl (C=O) groups is 7. The molecule has 6 amide bonds. The fourth-order valence-corrected chi connectivity index (χ4v) is 7.78. The summed E-state index contributed by atoms with van der Waals surface area (Å²) >= 11 is 6.82. The van der Waals surface area contributed by atoms with Crippen molar-refractivity contribution in [1.29, 1.82) is 5.26 Å². The van der Waals surface area contributed by atoms with E-state index in [-0.39, 0.29) is 90.6 Å². The van der Waals surface area contributed by atoms with Crippen molar-refractivity contribution >= 4 is 74.4 Å². The van der Waals surface area contributed by atoms with Gasteiger partial charge in [-0.25, -0.2) is 0 Å². The van der Waals surface area contributed by atoms with Crippen LogP contribution in [0.25, 0.3) is 10.1 Å². The molecule has 3 rings (SSSR count). The third-order valence-corrected chi connectivity index (χ3v) is 13.5. The smallest absolute Gasteiger partial charge is 0.268 e. The van der Waals surface area contributed by atoms with Gasteiger partial charge in [0, 0.05) is 71.9 Å². The third kappa shape index (κ3) is 66.5. The first-order valence-corrected chi connectivity index (χ1v) is 34.7. The molecule has 2 aromatic rings. The first kappa shape index (κ1) is 98.5. The van der Waals surface area contributed by atoms with Gasteiger partial charge in [0.25, 0.3) is 5.56 Å². The number of aromatic nitrogens is 1. The Balaban J connectivity index is -0.000000330. The van der Waals surface area contributed by atoms with Crippen LogP contribution in [0.2, 0.25) is 0 Å². The maximum Gasteiger partial charge on any atom is 0.268 e. The SMILES string of the molecule is C/C=C/C(=O)NCC(C)(C)C.C=CC(=O)CCCC(C)(C)C.C=CC(=O)N(C)CCC(C)(C)C.C=CC(=O)NCC(C)(C)C.CC(C)(C)CNC(=O)C1(C#N)CC1.CC(C)(C)CNC(=O)CCl.CC(C)(C)Cn1sc2ccccc2c1=O.CN(C)C/C=C/C(=O)NCC(C)(C)C. The Morgan fingerprint density at radius 2 is 1.02 bits per heavy atom. The molecule has 0 saturated heterocycles. The summed E-state index contributed by atoms with van der Waals surface area (Å²) in [5.74, 6) is -0.107. The zero-order valence-corrected chi connectivity index (χ0v) is 67.0. The van der Waals surface area contributed by atoms with Crippen LogP contribution in [0.3, 0.4) is 0 Å². The Morgan fingerprint density at radius 1 is 0.594 bits per heavy atom. The number of allylic oxidation sites excluding steroid dienone is 2.